The van der Waals surface area contributed by atoms with Crippen molar-refractivity contribution in [3.8, 4) is 0 Å². The van der Waals surface area contributed by atoms with Crippen molar-refractivity contribution in [3.05, 3.63) is 29.3 Å². The minimum atomic E-state index is -3.48. The molecule has 3 aliphatic rings. The normalized spacial score (nSPS) is 22.4. The maximum absolute atomic E-state index is 13.0. The van der Waals surface area contributed by atoms with E-state index in [1.54, 1.807) is 6.07 Å². The quantitative estimate of drug-likeness (QED) is 0.767. The van der Waals surface area contributed by atoms with Gasteiger partial charge in [-0.2, -0.15) is 4.31 Å². The van der Waals surface area contributed by atoms with E-state index in [1.807, 2.05) is 12.1 Å². The van der Waals surface area contributed by atoms with E-state index in [2.05, 4.69) is 5.32 Å². The number of hydrogen-bond donors (Lipinski definition) is 2. The molecule has 1 atom stereocenters. The Morgan fingerprint density at radius 2 is 1.85 bits per heavy atom. The van der Waals surface area contributed by atoms with E-state index in [4.69, 9.17) is 5.73 Å². The summed E-state index contributed by atoms with van der Waals surface area (Å²) in [6.45, 7) is 1.27. The number of nitrogens with two attached hydrogens (primary N) is 1. The third-order valence-corrected chi connectivity index (χ3v) is 8.20. The molecule has 1 aromatic carbocycles. The number of aryl methyl sites for hydroxylation is 2. The molecular weight excluding hydrogens is 362 g/mol. The topological polar surface area (TPSA) is 92.5 Å². The minimum Gasteiger partial charge on any atom is -0.352 e. The molecule has 148 valence electrons. The molecule has 1 heterocycles. The molecule has 3 N–H and O–H groups in total. The largest absolute Gasteiger partial charge is 0.352 e. The third-order valence-electron chi connectivity index (χ3n) is 6.31. The molecule has 0 spiro atoms. The smallest absolute Gasteiger partial charge is 0.243 e. The lowest BCUT2D eigenvalue weighted by Crippen LogP contribution is -2.47. The van der Waals surface area contributed by atoms with Crippen LogP contribution >= 0.6 is 0 Å². The SMILES string of the molecule is NCC(NC(=O)C1CCN(S(=O)(=O)c2ccc3c(c2)CCC3)CC1)C1CC1. The second-order valence-corrected chi connectivity index (χ2v) is 10.1. The zero-order chi connectivity index (χ0) is 19.0. The number of carbonyl (C=O) groups excluding carboxylic acids is 1. The van der Waals surface area contributed by atoms with Crippen LogP contribution in [0.25, 0.3) is 0 Å². The Labute approximate surface area is 161 Å². The molecule has 7 heteroatoms. The minimum absolute atomic E-state index is 0.0342. The van der Waals surface area contributed by atoms with E-state index in [9.17, 15) is 13.2 Å². The van der Waals surface area contributed by atoms with Crippen molar-refractivity contribution in [2.75, 3.05) is 19.6 Å². The molecule has 0 aromatic heterocycles. The molecule has 1 unspecified atom stereocenters. The molecule has 1 aliphatic heterocycles. The van der Waals surface area contributed by atoms with Gasteiger partial charge in [0.2, 0.25) is 15.9 Å². The van der Waals surface area contributed by atoms with Crippen molar-refractivity contribution >= 4 is 15.9 Å². The summed E-state index contributed by atoms with van der Waals surface area (Å²) in [6.07, 6.45) is 6.52. The summed E-state index contributed by atoms with van der Waals surface area (Å²) in [4.78, 5) is 12.9. The number of nitrogens with one attached hydrogen (secondary N) is 1. The van der Waals surface area contributed by atoms with Gasteiger partial charge in [-0.3, -0.25) is 4.79 Å². The fraction of sp³-hybridized carbons (Fsp3) is 0.650. The zero-order valence-electron chi connectivity index (χ0n) is 15.7. The third kappa shape index (κ3) is 3.91. The van der Waals surface area contributed by atoms with Crippen molar-refractivity contribution in [1.29, 1.82) is 0 Å². The lowest BCUT2D eigenvalue weighted by Gasteiger charge is -2.31. The Morgan fingerprint density at radius 3 is 2.52 bits per heavy atom. The van der Waals surface area contributed by atoms with Crippen LogP contribution in [0.1, 0.15) is 43.2 Å². The summed E-state index contributed by atoms with van der Waals surface area (Å²) < 4.78 is 27.5. The second kappa shape index (κ2) is 7.53. The van der Waals surface area contributed by atoms with Gasteiger partial charge in [-0.1, -0.05) is 6.07 Å². The number of nitrogens with zero attached hydrogens (tertiary/aromatic N) is 1. The maximum atomic E-state index is 13.0. The first-order valence-corrected chi connectivity index (χ1v) is 11.6. The summed E-state index contributed by atoms with van der Waals surface area (Å²) in [6, 6.07) is 5.61. The number of carbonyl (C=O) groups is 1. The average Bonchev–Trinajstić information content (AvgIpc) is 3.42. The Bertz CT molecular complexity index is 812. The Morgan fingerprint density at radius 1 is 1.15 bits per heavy atom. The van der Waals surface area contributed by atoms with Crippen molar-refractivity contribution in [2.24, 2.45) is 17.6 Å². The van der Waals surface area contributed by atoms with Crippen molar-refractivity contribution in [2.45, 2.75) is 55.9 Å². The number of hydrogen-bond acceptors (Lipinski definition) is 4. The van der Waals surface area contributed by atoms with E-state index < -0.39 is 10.0 Å². The van der Waals surface area contributed by atoms with Crippen LogP contribution < -0.4 is 11.1 Å². The van der Waals surface area contributed by atoms with Crippen LogP contribution in [0, 0.1) is 11.8 Å². The van der Waals surface area contributed by atoms with Crippen LogP contribution in [0.15, 0.2) is 23.1 Å². The summed E-state index contributed by atoms with van der Waals surface area (Å²) in [7, 11) is -3.48. The highest BCUT2D eigenvalue weighted by molar-refractivity contribution is 7.89. The first-order chi connectivity index (χ1) is 13.0. The molecule has 27 heavy (non-hydrogen) atoms. The highest BCUT2D eigenvalue weighted by Crippen LogP contribution is 2.33. The van der Waals surface area contributed by atoms with Crippen LogP contribution in [0.3, 0.4) is 0 Å². The molecule has 1 amide bonds. The zero-order valence-corrected chi connectivity index (χ0v) is 16.5. The number of benzene rings is 1. The van der Waals surface area contributed by atoms with Gasteiger partial charge in [0, 0.05) is 31.6 Å². The number of fused-ring (bicyclic) bond motifs is 1. The van der Waals surface area contributed by atoms with Crippen LogP contribution in [0.4, 0.5) is 0 Å². The van der Waals surface area contributed by atoms with Crippen LogP contribution in [0.2, 0.25) is 0 Å². The van der Waals surface area contributed by atoms with Gasteiger partial charge in [-0.05, 0) is 74.1 Å². The van der Waals surface area contributed by atoms with E-state index in [0.717, 1.165) is 32.1 Å². The number of amides is 1. The fourth-order valence-electron chi connectivity index (χ4n) is 4.38. The van der Waals surface area contributed by atoms with Gasteiger partial charge < -0.3 is 11.1 Å². The van der Waals surface area contributed by atoms with E-state index >= 15 is 0 Å². The van der Waals surface area contributed by atoms with E-state index in [-0.39, 0.29) is 17.9 Å². The van der Waals surface area contributed by atoms with Gasteiger partial charge in [0.05, 0.1) is 4.90 Å². The highest BCUT2D eigenvalue weighted by Gasteiger charge is 2.35. The second-order valence-electron chi connectivity index (χ2n) is 8.15. The number of sulfonamides is 1. The van der Waals surface area contributed by atoms with Gasteiger partial charge in [-0.25, -0.2) is 8.42 Å². The molecule has 0 radical (unpaired) electrons. The Hall–Kier alpha value is -1.44. The molecular formula is C20H29N3O3S. The fourth-order valence-corrected chi connectivity index (χ4v) is 5.91. The monoisotopic (exact) mass is 391 g/mol. The number of piperidine rings is 1. The van der Waals surface area contributed by atoms with Crippen molar-refractivity contribution in [1.82, 2.24) is 9.62 Å². The van der Waals surface area contributed by atoms with Crippen LogP contribution in [-0.2, 0) is 27.7 Å². The first-order valence-electron chi connectivity index (χ1n) is 10.1. The first kappa shape index (κ1) is 18.9. The summed E-state index contributed by atoms with van der Waals surface area (Å²) >= 11 is 0. The Balaban J connectivity index is 1.37. The molecule has 1 aromatic rings. The number of rotatable bonds is 6. The van der Waals surface area contributed by atoms with Crippen LogP contribution in [0.5, 0.6) is 0 Å². The lowest BCUT2D eigenvalue weighted by atomic mass is 9.96. The molecule has 4 rings (SSSR count). The van der Waals surface area contributed by atoms with Gasteiger partial charge in [0.15, 0.2) is 0 Å². The molecule has 2 aliphatic carbocycles. The van der Waals surface area contributed by atoms with Crippen molar-refractivity contribution in [3.63, 3.8) is 0 Å². The predicted molar refractivity (Wildman–Crippen MR) is 104 cm³/mol. The van der Waals surface area contributed by atoms with Crippen LogP contribution in [-0.4, -0.2) is 44.3 Å². The summed E-state index contributed by atoms with van der Waals surface area (Å²) in [5.41, 5.74) is 8.21. The standard InChI is InChI=1S/C20H29N3O3S/c21-13-19(15-4-5-15)22-20(24)16-8-10-23(11-9-16)27(25,26)18-7-6-14-2-1-3-17(14)12-18/h6-7,12,15-16,19H,1-5,8-11,13,21H2,(H,22,24). The molecule has 0 bridgehead atoms. The lowest BCUT2D eigenvalue weighted by molar-refractivity contribution is -0.126. The average molecular weight is 392 g/mol. The molecule has 1 saturated heterocycles. The molecule has 6 nitrogen and oxygen atoms in total. The van der Waals surface area contributed by atoms with Gasteiger partial charge >= 0.3 is 0 Å². The predicted octanol–water partition coefficient (Wildman–Crippen LogP) is 1.43. The maximum Gasteiger partial charge on any atom is 0.243 e. The van der Waals surface area contributed by atoms with Gasteiger partial charge in [-0.15, -0.1) is 0 Å². The van der Waals surface area contributed by atoms with Gasteiger partial charge in [0.1, 0.15) is 0 Å². The van der Waals surface area contributed by atoms with Gasteiger partial charge in [0.25, 0.3) is 0 Å². The van der Waals surface area contributed by atoms with Crippen molar-refractivity contribution < 1.29 is 13.2 Å². The summed E-state index contributed by atoms with van der Waals surface area (Å²) in [5, 5.41) is 3.08. The molecule has 1 saturated carbocycles. The van der Waals surface area contributed by atoms with E-state index in [1.165, 1.54) is 15.4 Å². The van der Waals surface area contributed by atoms with E-state index in [0.29, 0.717) is 43.3 Å². The highest BCUT2D eigenvalue weighted by atomic mass is 32.2. The summed E-state index contributed by atoms with van der Waals surface area (Å²) in [5.74, 6) is 0.440. The Kier molecular flexibility index (Phi) is 5.27. The molecule has 2 fully saturated rings.